The van der Waals surface area contributed by atoms with Gasteiger partial charge in [-0.1, -0.05) is 89.9 Å². The van der Waals surface area contributed by atoms with Crippen LogP contribution >= 0.6 is 11.6 Å². The number of hydrogen-bond donors (Lipinski definition) is 0. The first-order valence-electron chi connectivity index (χ1n) is 19.1. The summed E-state index contributed by atoms with van der Waals surface area (Å²) >= 11 is 6.45. The van der Waals surface area contributed by atoms with Crippen LogP contribution in [0.4, 0.5) is 8.78 Å². The van der Waals surface area contributed by atoms with Crippen LogP contribution in [0.15, 0.2) is 153 Å². The van der Waals surface area contributed by atoms with Crippen molar-refractivity contribution in [3.05, 3.63) is 214 Å². The number of fused-ring (bicyclic) bond motifs is 2. The molecule has 62 heavy (non-hydrogen) atoms. The third-order valence-corrected chi connectivity index (χ3v) is 10.4. The summed E-state index contributed by atoms with van der Waals surface area (Å²) in [5, 5.41) is 0.808. The smallest absolute Gasteiger partial charge is 0.336 e. The van der Waals surface area contributed by atoms with Gasteiger partial charge < -0.3 is 9.47 Å². The molecule has 0 spiro atoms. The molecule has 3 heterocycles. The number of benzene rings is 6. The lowest BCUT2D eigenvalue weighted by Gasteiger charge is -2.29. The van der Waals surface area contributed by atoms with Gasteiger partial charge in [0, 0.05) is 29.3 Å². The molecule has 306 valence electrons. The minimum absolute atomic E-state index is 0.0918. The van der Waals surface area contributed by atoms with Crippen LogP contribution in [0.5, 0.6) is 5.75 Å². The summed E-state index contributed by atoms with van der Waals surface area (Å²) in [4.78, 5) is 52.5. The molecular formula is C49H33ClF2N4O6. The Morgan fingerprint density at radius 2 is 1.19 bits per heavy atom. The maximum atomic E-state index is 15.1. The highest BCUT2D eigenvalue weighted by molar-refractivity contribution is 6.32. The molecule has 10 nitrogen and oxygen atoms in total. The predicted octanol–water partition coefficient (Wildman–Crippen LogP) is 7.15. The van der Waals surface area contributed by atoms with Crippen LogP contribution in [0, 0.1) is 35.3 Å². The molecule has 1 aliphatic rings. The number of nitrogens with zero attached hydrogens (tertiary/aromatic N) is 4. The zero-order chi connectivity index (χ0) is 43.5. The average Bonchev–Trinajstić information content (AvgIpc) is 3.27. The molecule has 1 saturated heterocycles. The predicted molar refractivity (Wildman–Crippen MR) is 235 cm³/mol. The molecular weight excluding hydrogens is 814 g/mol. The van der Waals surface area contributed by atoms with Crippen molar-refractivity contribution in [1.82, 2.24) is 18.3 Å². The molecule has 1 aliphatic heterocycles. The highest BCUT2D eigenvalue weighted by Crippen LogP contribution is 2.25. The highest BCUT2D eigenvalue weighted by atomic mass is 35.5. The van der Waals surface area contributed by atoms with Crippen LogP contribution in [0.3, 0.4) is 0 Å². The molecule has 2 aromatic heterocycles. The molecule has 0 amide bonds. The molecule has 0 N–H and O–H groups in total. The molecule has 0 radical (unpaired) electrons. The largest absolute Gasteiger partial charge is 0.495 e. The standard InChI is InChI=1S/C25H16F2N2O3.C24H17ClN2O3/c26-20-12-17(11-10-16-6-2-1-3-7-16)13-21(27)23(20)29-24(30)19-8-4-5-9-22(19)28(25(29)31)18-14-32-15-18;1-26-22-18(9-6-10-21(22)30-2)23(28)27(24(26)29)20-14-13-17(15-19(20)25)12-11-16-7-4-3-5-8-16/h1-9,12-13,18H,14-15H2;3-10,13-15H,1-2H3. The van der Waals surface area contributed by atoms with Gasteiger partial charge in [-0.05, 0) is 78.9 Å². The molecule has 0 aliphatic carbocycles. The highest BCUT2D eigenvalue weighted by Gasteiger charge is 2.28. The Morgan fingerprint density at radius 1 is 0.629 bits per heavy atom. The van der Waals surface area contributed by atoms with E-state index in [9.17, 15) is 19.2 Å². The number of hydrogen-bond acceptors (Lipinski definition) is 6. The lowest BCUT2D eigenvalue weighted by Crippen LogP contribution is -2.45. The van der Waals surface area contributed by atoms with Gasteiger partial charge in [0.15, 0.2) is 11.6 Å². The van der Waals surface area contributed by atoms with Crippen molar-refractivity contribution in [3.63, 3.8) is 0 Å². The summed E-state index contributed by atoms with van der Waals surface area (Å²) in [6.45, 7) is 0.558. The van der Waals surface area contributed by atoms with E-state index >= 15 is 8.78 Å². The molecule has 8 aromatic rings. The lowest BCUT2D eigenvalue weighted by molar-refractivity contribution is -0.0236. The van der Waals surface area contributed by atoms with Crippen molar-refractivity contribution < 1.29 is 18.3 Å². The molecule has 0 saturated carbocycles. The van der Waals surface area contributed by atoms with Gasteiger partial charge in [0.25, 0.3) is 11.1 Å². The normalized spacial score (nSPS) is 12.0. The molecule has 0 unspecified atom stereocenters. The summed E-state index contributed by atoms with van der Waals surface area (Å²) < 4.78 is 45.0. The summed E-state index contributed by atoms with van der Waals surface area (Å²) in [6.07, 6.45) is 0. The zero-order valence-corrected chi connectivity index (χ0v) is 33.8. The molecule has 6 aromatic carbocycles. The topological polar surface area (TPSA) is 106 Å². The minimum atomic E-state index is -1.05. The van der Waals surface area contributed by atoms with Crippen LogP contribution < -0.4 is 27.2 Å². The van der Waals surface area contributed by atoms with E-state index in [1.807, 2.05) is 36.4 Å². The van der Waals surface area contributed by atoms with Gasteiger partial charge in [-0.2, -0.15) is 0 Å². The van der Waals surface area contributed by atoms with Gasteiger partial charge in [0.2, 0.25) is 0 Å². The summed E-state index contributed by atoms with van der Waals surface area (Å²) in [5.74, 6) is 10.0. The Hall–Kier alpha value is -7.77. The SMILES string of the molecule is COc1cccc2c(=O)n(-c3ccc(C#Cc4ccccc4)cc3Cl)c(=O)n(C)c12.O=c1c2ccccc2n(C2COC2)c(=O)n1-c1c(F)cc(C#Cc2ccccc2)cc1F. The fourth-order valence-corrected chi connectivity index (χ4v) is 7.29. The van der Waals surface area contributed by atoms with Crippen molar-refractivity contribution in [1.29, 1.82) is 0 Å². The van der Waals surface area contributed by atoms with E-state index < -0.39 is 39.8 Å². The number of ether oxygens (including phenoxy) is 2. The molecule has 0 bridgehead atoms. The van der Waals surface area contributed by atoms with Crippen LogP contribution in [-0.4, -0.2) is 38.6 Å². The first kappa shape index (κ1) is 41.0. The second-order valence-corrected chi connectivity index (χ2v) is 14.4. The summed E-state index contributed by atoms with van der Waals surface area (Å²) in [6, 6.07) is 36.9. The van der Waals surface area contributed by atoms with E-state index in [1.165, 1.54) is 22.3 Å². The van der Waals surface area contributed by atoms with Crippen LogP contribution in [0.1, 0.15) is 28.3 Å². The Labute approximate surface area is 357 Å². The maximum absolute atomic E-state index is 15.1. The van der Waals surface area contributed by atoms with Crippen LogP contribution in [0.2, 0.25) is 5.02 Å². The van der Waals surface area contributed by atoms with E-state index in [0.717, 1.165) is 22.3 Å². The maximum Gasteiger partial charge on any atom is 0.336 e. The zero-order valence-electron chi connectivity index (χ0n) is 33.1. The second-order valence-electron chi connectivity index (χ2n) is 14.0. The number of aromatic nitrogens is 4. The van der Waals surface area contributed by atoms with Crippen molar-refractivity contribution in [2.24, 2.45) is 7.05 Å². The molecule has 1 fully saturated rings. The van der Waals surface area contributed by atoms with Gasteiger partial charge in [-0.25, -0.2) is 27.5 Å². The van der Waals surface area contributed by atoms with Gasteiger partial charge in [-0.3, -0.25) is 18.7 Å². The Balaban J connectivity index is 0.000000171. The number of aryl methyl sites for hydroxylation is 1. The number of halogens is 3. The van der Waals surface area contributed by atoms with Crippen molar-refractivity contribution in [2.45, 2.75) is 6.04 Å². The van der Waals surface area contributed by atoms with Crippen LogP contribution in [0.25, 0.3) is 33.2 Å². The van der Waals surface area contributed by atoms with Gasteiger partial charge in [0.05, 0.1) is 53.4 Å². The van der Waals surface area contributed by atoms with Crippen LogP contribution in [-0.2, 0) is 11.8 Å². The van der Waals surface area contributed by atoms with Crippen molar-refractivity contribution in [2.75, 3.05) is 20.3 Å². The monoisotopic (exact) mass is 846 g/mol. The van der Waals surface area contributed by atoms with E-state index in [1.54, 1.807) is 85.9 Å². The van der Waals surface area contributed by atoms with E-state index in [2.05, 4.69) is 23.7 Å². The van der Waals surface area contributed by atoms with Crippen molar-refractivity contribution >= 4 is 33.4 Å². The Morgan fingerprint density at radius 3 is 1.79 bits per heavy atom. The number of rotatable bonds is 4. The number of methoxy groups -OCH3 is 1. The summed E-state index contributed by atoms with van der Waals surface area (Å²) in [5.41, 5.74) is 0.187. The Bertz CT molecular complexity index is 3400. The third-order valence-electron chi connectivity index (χ3n) is 10.1. The first-order valence-corrected chi connectivity index (χ1v) is 19.5. The fraction of sp³-hybridized carbons (Fsp3) is 0.102. The van der Waals surface area contributed by atoms with E-state index in [0.29, 0.717) is 43.6 Å². The van der Waals surface area contributed by atoms with Crippen molar-refractivity contribution in [3.8, 4) is 40.8 Å². The van der Waals surface area contributed by atoms with Gasteiger partial charge in [-0.15, -0.1) is 0 Å². The molecule has 13 heteroatoms. The lowest BCUT2D eigenvalue weighted by atomic mass is 10.1. The number of para-hydroxylation sites is 2. The Kier molecular flexibility index (Phi) is 11.5. The summed E-state index contributed by atoms with van der Waals surface area (Å²) in [7, 11) is 3.09. The quantitative estimate of drug-likeness (QED) is 0.174. The van der Waals surface area contributed by atoms with Gasteiger partial charge >= 0.3 is 11.4 Å². The first-order chi connectivity index (χ1) is 30.0. The second kappa shape index (κ2) is 17.4. The fourth-order valence-electron chi connectivity index (χ4n) is 7.02. The molecule has 0 atom stereocenters. The van der Waals surface area contributed by atoms with E-state index in [-0.39, 0.29) is 35.2 Å². The van der Waals surface area contributed by atoms with E-state index in [4.69, 9.17) is 21.1 Å². The van der Waals surface area contributed by atoms with Gasteiger partial charge in [0.1, 0.15) is 17.0 Å². The third kappa shape index (κ3) is 7.84. The molecule has 9 rings (SSSR count). The average molecular weight is 847 g/mol. The minimum Gasteiger partial charge on any atom is -0.495 e.